The van der Waals surface area contributed by atoms with Crippen LogP contribution in [0.3, 0.4) is 0 Å². The number of quaternary nitrogens is 1. The van der Waals surface area contributed by atoms with Gasteiger partial charge in [-0.3, -0.25) is 0 Å². The Balaban J connectivity index is 2.41. The molecule has 0 aliphatic rings. The zero-order valence-corrected chi connectivity index (χ0v) is 8.99. The summed E-state index contributed by atoms with van der Waals surface area (Å²) in [6.07, 6.45) is 0. The Hall–Kier alpha value is -1.00. The van der Waals surface area contributed by atoms with Gasteiger partial charge in [-0.1, -0.05) is 0 Å². The van der Waals surface area contributed by atoms with E-state index in [1.807, 2.05) is 0 Å². The number of aromatic nitrogens is 1. The molecule has 0 bridgehead atoms. The molecule has 0 atom stereocenters. The Morgan fingerprint density at radius 1 is 1.43 bits per heavy atom. The van der Waals surface area contributed by atoms with Crippen LogP contribution in [0, 0.1) is 5.82 Å². The van der Waals surface area contributed by atoms with Gasteiger partial charge in [0.25, 0.3) is 0 Å². The second-order valence-corrected chi connectivity index (χ2v) is 4.72. The van der Waals surface area contributed by atoms with E-state index in [1.54, 1.807) is 17.4 Å². The molecule has 1 aromatic carbocycles. The maximum Gasteiger partial charge on any atom is 0.148 e. The van der Waals surface area contributed by atoms with E-state index in [0.29, 0.717) is 0 Å². The second-order valence-electron chi connectivity index (χ2n) is 3.60. The van der Waals surface area contributed by atoms with Crippen molar-refractivity contribution < 1.29 is 9.29 Å². The number of hydrogen-bond donors (Lipinski definition) is 1. The van der Waals surface area contributed by atoms with Crippen molar-refractivity contribution in [2.75, 3.05) is 14.1 Å². The van der Waals surface area contributed by atoms with E-state index in [-0.39, 0.29) is 5.82 Å². The summed E-state index contributed by atoms with van der Waals surface area (Å²) in [5.74, 6) is -0.216. The highest BCUT2D eigenvalue weighted by atomic mass is 32.1. The molecule has 0 unspecified atom stereocenters. The summed E-state index contributed by atoms with van der Waals surface area (Å²) in [5, 5.41) is 1.06. The van der Waals surface area contributed by atoms with Crippen LogP contribution in [0.5, 0.6) is 0 Å². The lowest BCUT2D eigenvalue weighted by Crippen LogP contribution is -3.04. The van der Waals surface area contributed by atoms with E-state index in [0.717, 1.165) is 21.8 Å². The van der Waals surface area contributed by atoms with Gasteiger partial charge in [0, 0.05) is 6.07 Å². The van der Waals surface area contributed by atoms with Crippen LogP contribution >= 0.6 is 11.3 Å². The molecule has 2 aromatic rings. The first-order chi connectivity index (χ1) is 6.65. The highest BCUT2D eigenvalue weighted by Crippen LogP contribution is 2.21. The molecule has 0 fully saturated rings. The molecular formula is C10H12FN2S+. The van der Waals surface area contributed by atoms with Crippen LogP contribution in [-0.4, -0.2) is 19.1 Å². The summed E-state index contributed by atoms with van der Waals surface area (Å²) in [4.78, 5) is 5.70. The zero-order chi connectivity index (χ0) is 10.1. The highest BCUT2D eigenvalue weighted by Gasteiger charge is 2.06. The van der Waals surface area contributed by atoms with E-state index < -0.39 is 0 Å². The minimum Gasteiger partial charge on any atom is -0.334 e. The SMILES string of the molecule is C[NH+](C)Cc1nc2cc(F)ccc2s1. The molecule has 1 N–H and O–H groups in total. The number of hydrogen-bond acceptors (Lipinski definition) is 2. The number of nitrogens with one attached hydrogen (secondary N) is 1. The largest absolute Gasteiger partial charge is 0.334 e. The van der Waals surface area contributed by atoms with Crippen molar-refractivity contribution in [1.29, 1.82) is 0 Å². The van der Waals surface area contributed by atoms with Gasteiger partial charge >= 0.3 is 0 Å². The summed E-state index contributed by atoms with van der Waals surface area (Å²) in [7, 11) is 4.15. The number of thiazole rings is 1. The van der Waals surface area contributed by atoms with Gasteiger partial charge in [0.1, 0.15) is 17.4 Å². The van der Waals surface area contributed by atoms with Crippen LogP contribution in [0.1, 0.15) is 5.01 Å². The maximum absolute atomic E-state index is 12.9. The average molecular weight is 211 g/mol. The third-order valence-corrected chi connectivity index (χ3v) is 2.94. The van der Waals surface area contributed by atoms with Gasteiger partial charge in [-0.15, -0.1) is 11.3 Å². The zero-order valence-electron chi connectivity index (χ0n) is 8.17. The molecule has 0 spiro atoms. The molecule has 0 amide bonds. The van der Waals surface area contributed by atoms with Crippen LogP contribution in [0.15, 0.2) is 18.2 Å². The van der Waals surface area contributed by atoms with Crippen LogP contribution in [0.25, 0.3) is 10.2 Å². The first kappa shape index (κ1) is 9.55. The van der Waals surface area contributed by atoms with E-state index in [9.17, 15) is 4.39 Å². The van der Waals surface area contributed by atoms with Crippen molar-refractivity contribution in [1.82, 2.24) is 4.98 Å². The molecule has 0 saturated heterocycles. The fraction of sp³-hybridized carbons (Fsp3) is 0.300. The first-order valence-electron chi connectivity index (χ1n) is 4.49. The Kier molecular flexibility index (Phi) is 2.48. The Morgan fingerprint density at radius 2 is 2.21 bits per heavy atom. The lowest BCUT2D eigenvalue weighted by atomic mass is 10.3. The molecule has 14 heavy (non-hydrogen) atoms. The Morgan fingerprint density at radius 3 is 2.93 bits per heavy atom. The summed E-state index contributed by atoms with van der Waals surface area (Å²) in [6.45, 7) is 0.890. The fourth-order valence-corrected chi connectivity index (χ4v) is 2.43. The maximum atomic E-state index is 12.9. The molecule has 0 radical (unpaired) electrons. The normalized spacial score (nSPS) is 11.4. The van der Waals surface area contributed by atoms with E-state index in [1.165, 1.54) is 17.0 Å². The van der Waals surface area contributed by atoms with Crippen molar-refractivity contribution >= 4 is 21.6 Å². The summed E-state index contributed by atoms with van der Waals surface area (Å²) in [6, 6.07) is 4.75. The molecule has 1 aromatic heterocycles. The minimum absolute atomic E-state index is 0.216. The molecule has 2 rings (SSSR count). The standard InChI is InChI=1S/C10H11FN2S/c1-13(2)6-10-12-8-5-7(11)3-4-9(8)14-10/h3-5H,6H2,1-2H3/p+1. The first-order valence-corrected chi connectivity index (χ1v) is 5.31. The van der Waals surface area contributed by atoms with Crippen LogP contribution in [0.4, 0.5) is 4.39 Å². The number of fused-ring (bicyclic) bond motifs is 1. The van der Waals surface area contributed by atoms with Crippen molar-refractivity contribution in [2.45, 2.75) is 6.54 Å². The van der Waals surface area contributed by atoms with E-state index >= 15 is 0 Å². The molecule has 0 saturated carbocycles. The third-order valence-electron chi connectivity index (χ3n) is 1.90. The predicted octanol–water partition coefficient (Wildman–Crippen LogP) is 1.08. The number of benzene rings is 1. The molecule has 1 heterocycles. The summed E-state index contributed by atoms with van der Waals surface area (Å²) < 4.78 is 13.9. The van der Waals surface area contributed by atoms with Crippen LogP contribution < -0.4 is 4.90 Å². The van der Waals surface area contributed by atoms with E-state index in [4.69, 9.17) is 0 Å². The van der Waals surface area contributed by atoms with Gasteiger partial charge in [-0.2, -0.15) is 0 Å². The molecule has 0 aliphatic carbocycles. The lowest BCUT2D eigenvalue weighted by Gasteiger charge is -2.01. The number of halogens is 1. The topological polar surface area (TPSA) is 17.3 Å². The Labute approximate surface area is 86.0 Å². The van der Waals surface area contributed by atoms with Gasteiger partial charge in [0.2, 0.25) is 0 Å². The third kappa shape index (κ3) is 1.91. The van der Waals surface area contributed by atoms with Gasteiger partial charge in [-0.25, -0.2) is 9.37 Å². The van der Waals surface area contributed by atoms with Crippen LogP contribution in [-0.2, 0) is 6.54 Å². The van der Waals surface area contributed by atoms with Crippen molar-refractivity contribution in [3.63, 3.8) is 0 Å². The number of rotatable bonds is 2. The van der Waals surface area contributed by atoms with Gasteiger partial charge in [-0.05, 0) is 12.1 Å². The fourth-order valence-electron chi connectivity index (χ4n) is 1.33. The molecule has 4 heteroatoms. The quantitative estimate of drug-likeness (QED) is 0.786. The lowest BCUT2D eigenvalue weighted by molar-refractivity contribution is -0.872. The Bertz CT molecular complexity index is 450. The summed E-state index contributed by atoms with van der Waals surface area (Å²) >= 11 is 1.64. The number of nitrogens with zero attached hydrogens (tertiary/aromatic N) is 1. The smallest absolute Gasteiger partial charge is 0.148 e. The van der Waals surface area contributed by atoms with Gasteiger partial charge in [0.15, 0.2) is 0 Å². The van der Waals surface area contributed by atoms with Crippen molar-refractivity contribution in [2.24, 2.45) is 0 Å². The molecular weight excluding hydrogens is 199 g/mol. The van der Waals surface area contributed by atoms with Crippen molar-refractivity contribution in [3.8, 4) is 0 Å². The second kappa shape index (κ2) is 3.63. The van der Waals surface area contributed by atoms with E-state index in [2.05, 4.69) is 19.1 Å². The summed E-state index contributed by atoms with van der Waals surface area (Å²) in [5.41, 5.74) is 0.770. The van der Waals surface area contributed by atoms with Gasteiger partial charge in [0.05, 0.1) is 24.3 Å². The minimum atomic E-state index is -0.216. The molecule has 0 aliphatic heterocycles. The average Bonchev–Trinajstić information content (AvgIpc) is 2.44. The monoisotopic (exact) mass is 211 g/mol. The van der Waals surface area contributed by atoms with Gasteiger partial charge < -0.3 is 4.90 Å². The molecule has 74 valence electrons. The molecule has 2 nitrogen and oxygen atoms in total. The van der Waals surface area contributed by atoms with Crippen LogP contribution in [0.2, 0.25) is 0 Å². The highest BCUT2D eigenvalue weighted by molar-refractivity contribution is 7.18. The predicted molar refractivity (Wildman–Crippen MR) is 56.1 cm³/mol. The van der Waals surface area contributed by atoms with Crippen molar-refractivity contribution in [3.05, 3.63) is 29.0 Å².